The van der Waals surface area contributed by atoms with Crippen molar-refractivity contribution in [3.8, 4) is 11.5 Å². The largest absolute Gasteiger partial charge is 0.524 e. The third-order valence-electron chi connectivity index (χ3n) is 12.9. The molecule has 7 aromatic rings. The van der Waals surface area contributed by atoms with E-state index in [1.165, 1.54) is 0 Å². The minimum atomic E-state index is -0.341. The van der Waals surface area contributed by atoms with Gasteiger partial charge in [-0.05, 0) is 113 Å². The van der Waals surface area contributed by atoms with Gasteiger partial charge in [-0.15, -0.1) is 10.2 Å². The molecule has 2 heterocycles. The summed E-state index contributed by atoms with van der Waals surface area (Å²) in [4.78, 5) is 34.4. The van der Waals surface area contributed by atoms with Crippen LogP contribution in [0.1, 0.15) is 33.6 Å². The van der Waals surface area contributed by atoms with Gasteiger partial charge in [0.2, 0.25) is 0 Å². The number of phenols is 2. The Balaban J connectivity index is 0.739. The predicted molar refractivity (Wildman–Crippen MR) is 282 cm³/mol. The maximum absolute atomic E-state index is 13.5. The number of fused-ring (bicyclic) bond motifs is 2. The first-order valence-electron chi connectivity index (χ1n) is 24.0. The molecular formula is C56H59N12O4+3. The number of para-hydroxylation sites is 2. The predicted octanol–water partition coefficient (Wildman–Crippen LogP) is 8.34. The zero-order valence-corrected chi connectivity index (χ0v) is 40.8. The Labute approximate surface area is 418 Å². The summed E-state index contributed by atoms with van der Waals surface area (Å²) in [5.74, 6) is 0.500. The molecule has 3 atom stereocenters. The van der Waals surface area contributed by atoms with Gasteiger partial charge in [0.15, 0.2) is 5.69 Å². The number of carbonyl (C=O) groups excluding carboxylic acids is 2. The van der Waals surface area contributed by atoms with Crippen molar-refractivity contribution < 1.29 is 34.2 Å². The van der Waals surface area contributed by atoms with Crippen molar-refractivity contribution in [3.05, 3.63) is 182 Å². The second-order valence-corrected chi connectivity index (χ2v) is 18.1. The molecule has 0 aliphatic carbocycles. The smallest absolute Gasteiger partial charge is 0.506 e. The van der Waals surface area contributed by atoms with Gasteiger partial charge >= 0.3 is 5.96 Å². The highest BCUT2D eigenvalue weighted by atomic mass is 16.3. The molecule has 2 aliphatic heterocycles. The van der Waals surface area contributed by atoms with Gasteiger partial charge in [0.05, 0.1) is 26.3 Å². The van der Waals surface area contributed by atoms with Crippen molar-refractivity contribution in [1.82, 2.24) is 14.7 Å². The number of hydrogen-bond acceptors (Lipinski definition) is 11. The molecule has 2 amide bonds. The Bertz CT molecular complexity index is 3250. The van der Waals surface area contributed by atoms with Crippen LogP contribution in [0.2, 0.25) is 0 Å². The van der Waals surface area contributed by atoms with Crippen molar-refractivity contribution in [3.63, 3.8) is 0 Å². The third-order valence-corrected chi connectivity index (χ3v) is 12.9. The van der Waals surface area contributed by atoms with E-state index in [-0.39, 0.29) is 29.6 Å². The molecule has 0 saturated heterocycles. The fraction of sp³-hybridized carbons (Fsp3) is 0.196. The van der Waals surface area contributed by atoms with Crippen LogP contribution >= 0.6 is 0 Å². The monoisotopic (exact) mass is 963 g/mol. The van der Waals surface area contributed by atoms with Gasteiger partial charge < -0.3 is 35.5 Å². The summed E-state index contributed by atoms with van der Waals surface area (Å²) in [6.07, 6.45) is 8.98. The third kappa shape index (κ3) is 11.2. The van der Waals surface area contributed by atoms with Crippen molar-refractivity contribution in [2.24, 2.45) is 20.5 Å². The lowest BCUT2D eigenvalue weighted by Gasteiger charge is -2.22. The number of guanidine groups is 1. The molecule has 2 aliphatic rings. The lowest BCUT2D eigenvalue weighted by atomic mass is 10.1. The van der Waals surface area contributed by atoms with Crippen molar-refractivity contribution in [2.75, 3.05) is 65.0 Å². The maximum atomic E-state index is 13.5. The van der Waals surface area contributed by atoms with Crippen LogP contribution in [0.3, 0.4) is 0 Å². The maximum Gasteiger partial charge on any atom is 0.524 e. The quantitative estimate of drug-likeness (QED) is 0.0394. The molecule has 0 fully saturated rings. The number of phenolic OH excluding ortho intramolecular Hbond substituents is 2. The second kappa shape index (κ2) is 21.9. The van der Waals surface area contributed by atoms with Crippen molar-refractivity contribution in [1.29, 1.82) is 0 Å². The lowest BCUT2D eigenvalue weighted by Crippen LogP contribution is -3.11. The molecule has 0 bridgehead atoms. The second-order valence-electron chi connectivity index (χ2n) is 18.1. The van der Waals surface area contributed by atoms with E-state index in [9.17, 15) is 19.8 Å². The number of benzene rings is 7. The number of aromatic hydroxyl groups is 2. The highest BCUT2D eigenvalue weighted by Crippen LogP contribution is 2.38. The van der Waals surface area contributed by atoms with Gasteiger partial charge in [-0.1, -0.05) is 48.5 Å². The number of nitrogens with one attached hydrogen (secondary N) is 4. The molecule has 16 heteroatoms. The molecule has 0 spiro atoms. The fourth-order valence-electron chi connectivity index (χ4n) is 8.90. The van der Waals surface area contributed by atoms with Crippen LogP contribution in [-0.4, -0.2) is 108 Å². The molecule has 16 nitrogen and oxygen atoms in total. The first-order valence-corrected chi connectivity index (χ1v) is 24.0. The van der Waals surface area contributed by atoms with Crippen LogP contribution < -0.4 is 20.4 Å². The van der Waals surface area contributed by atoms with Crippen LogP contribution in [0.25, 0.3) is 21.5 Å². The number of quaternary nitrogens is 2. The lowest BCUT2D eigenvalue weighted by molar-refractivity contribution is -0.877. The average Bonchev–Trinajstić information content (AvgIpc) is 3.94. The molecule has 3 unspecified atom stereocenters. The molecule has 0 aromatic heterocycles. The Kier molecular flexibility index (Phi) is 14.7. The average molecular weight is 964 g/mol. The van der Waals surface area contributed by atoms with E-state index in [2.05, 4.69) is 26.0 Å². The standard InChI is InChI=1S/C56H56N12O4/c1-63(29-11-31-67-35-33-65(3)55(67)61-59-51-47-25-23-45(37-41(47)21-27-49(51)69)57-43-13-7-5-8-14-43)53(71)39-17-19-40(20-18-39)54(72)64(2)30-12-32-68-36-34-66(4)56(68)62-60-52-48-26-24-46(38-42(48)22-28-50(52)70)58-44-15-9-6-10-16-44/h5-10,13-28,33-38,55H,11-12,29-32H2,1-4H3,(H3,57,58,59,60,61,69,70,71,72)/p+3. The van der Waals surface area contributed by atoms with E-state index < -0.39 is 0 Å². The van der Waals surface area contributed by atoms with Crippen LogP contribution in [0.15, 0.2) is 191 Å². The van der Waals surface area contributed by atoms with E-state index >= 15 is 0 Å². The van der Waals surface area contributed by atoms with Crippen molar-refractivity contribution >= 4 is 73.4 Å². The van der Waals surface area contributed by atoms with Crippen molar-refractivity contribution in [2.45, 2.75) is 19.1 Å². The van der Waals surface area contributed by atoms with E-state index in [1.807, 2.05) is 158 Å². The Morgan fingerprint density at radius 2 is 1.14 bits per heavy atom. The minimum Gasteiger partial charge on any atom is -0.506 e. The van der Waals surface area contributed by atoms with E-state index in [1.54, 1.807) is 60.3 Å². The number of rotatable bonds is 17. The molecule has 9 rings (SSSR count). The van der Waals surface area contributed by atoms with Crippen LogP contribution in [0.5, 0.6) is 11.5 Å². The molecule has 0 radical (unpaired) electrons. The summed E-state index contributed by atoms with van der Waals surface area (Å²) >= 11 is 0. The number of carbonyl (C=O) groups is 2. The first kappa shape index (κ1) is 48.3. The molecule has 364 valence electrons. The van der Waals surface area contributed by atoms with Gasteiger partial charge in [0, 0.05) is 91.7 Å². The van der Waals surface area contributed by atoms with E-state index in [4.69, 9.17) is 5.11 Å². The molecule has 72 heavy (non-hydrogen) atoms. The number of hydrogen-bond donors (Lipinski definition) is 6. The van der Waals surface area contributed by atoms with Gasteiger partial charge in [0.25, 0.3) is 18.1 Å². The summed E-state index contributed by atoms with van der Waals surface area (Å²) in [7, 11) is 7.41. The molecule has 7 aromatic carbocycles. The van der Waals surface area contributed by atoms with E-state index in [0.717, 1.165) is 54.1 Å². The van der Waals surface area contributed by atoms with Crippen LogP contribution in [0.4, 0.5) is 34.1 Å². The van der Waals surface area contributed by atoms with Gasteiger partial charge in [0.1, 0.15) is 40.9 Å². The number of anilines is 4. The summed E-state index contributed by atoms with van der Waals surface area (Å²) in [5, 5.41) is 50.3. The highest BCUT2D eigenvalue weighted by Gasteiger charge is 2.32. The first-order chi connectivity index (χ1) is 35.0. The minimum absolute atomic E-state index is 0.0407. The number of amides is 2. The van der Waals surface area contributed by atoms with Gasteiger partial charge in [-0.2, -0.15) is 9.48 Å². The molecule has 0 saturated carbocycles. The normalized spacial score (nSPS) is 16.4. The summed E-state index contributed by atoms with van der Waals surface area (Å²) in [6, 6.07) is 45.5. The topological polar surface area (TPSA) is 170 Å². The Morgan fingerprint density at radius 1 is 0.625 bits per heavy atom. The van der Waals surface area contributed by atoms with Crippen LogP contribution in [-0.2, 0) is 0 Å². The van der Waals surface area contributed by atoms with Gasteiger partial charge in [-0.3, -0.25) is 14.5 Å². The SMILES string of the molecule is CN(CCC[NH+]1C=C[N+](C)=C1N=Nc1c(O)ccc2cc(Nc3ccccc3)ccc12)C(=O)c1ccc(C(=O)N(C)CCC[NH+]2C=CN(C)C2N=Nc2c(O)ccc3cc(Nc4ccccc4)ccc23)cc1. The summed E-state index contributed by atoms with van der Waals surface area (Å²) in [5.41, 5.74) is 5.61. The summed E-state index contributed by atoms with van der Waals surface area (Å²) < 4.78 is 1.90. The summed E-state index contributed by atoms with van der Waals surface area (Å²) in [6.45, 7) is 2.37. The van der Waals surface area contributed by atoms with E-state index in [0.29, 0.717) is 67.5 Å². The van der Waals surface area contributed by atoms with Crippen LogP contribution in [0, 0.1) is 0 Å². The zero-order chi connectivity index (χ0) is 50.1. The highest BCUT2D eigenvalue weighted by molar-refractivity contribution is 5.99. The molecule has 6 N–H and O–H groups in total. The fourth-order valence-corrected chi connectivity index (χ4v) is 8.90. The number of azo groups is 2. The molecular weight excluding hydrogens is 905 g/mol. The Hall–Kier alpha value is -8.73. The zero-order valence-electron chi connectivity index (χ0n) is 40.8. The van der Waals surface area contributed by atoms with Gasteiger partial charge in [-0.25, -0.2) is 0 Å². The Morgan fingerprint density at radius 3 is 1.68 bits per heavy atom. The number of nitrogens with zero attached hydrogens (tertiary/aromatic N) is 8.